The van der Waals surface area contributed by atoms with E-state index in [2.05, 4.69) is 15.0 Å². The number of rotatable bonds is 5. The highest BCUT2D eigenvalue weighted by Crippen LogP contribution is 2.21. The number of carbonyl (C=O) groups is 1. The van der Waals surface area contributed by atoms with Crippen molar-refractivity contribution >= 4 is 38.4 Å². The molecule has 1 amide bonds. The molecule has 29 heavy (non-hydrogen) atoms. The Morgan fingerprint density at radius 3 is 2.34 bits per heavy atom. The fourth-order valence-electron chi connectivity index (χ4n) is 2.83. The maximum absolute atomic E-state index is 12.5. The highest BCUT2D eigenvalue weighted by atomic mass is 32.2. The van der Waals surface area contributed by atoms with Crippen molar-refractivity contribution in [2.45, 2.75) is 11.8 Å². The van der Waals surface area contributed by atoms with Gasteiger partial charge in [0.15, 0.2) is 11.5 Å². The van der Waals surface area contributed by atoms with Gasteiger partial charge in [0, 0.05) is 23.9 Å². The number of anilines is 2. The van der Waals surface area contributed by atoms with Crippen molar-refractivity contribution in [3.8, 4) is 0 Å². The molecule has 0 radical (unpaired) electrons. The number of benzene rings is 3. The molecule has 4 aromatic rings. The number of aryl methyl sites for hydroxylation is 1. The summed E-state index contributed by atoms with van der Waals surface area (Å²) < 4.78 is 32.6. The SMILES string of the molecule is Cc1nc2cc(NC(=O)c3ccc(NS(=O)(=O)c4ccccc4)cc3)ccc2o1. The normalized spacial score (nSPS) is 11.3. The Bertz CT molecular complexity index is 1280. The lowest BCUT2D eigenvalue weighted by Crippen LogP contribution is -2.14. The molecule has 3 aromatic carbocycles. The second-order valence-electron chi connectivity index (χ2n) is 6.37. The molecule has 4 rings (SSSR count). The first-order valence-electron chi connectivity index (χ1n) is 8.77. The molecule has 0 aliphatic carbocycles. The predicted molar refractivity (Wildman–Crippen MR) is 110 cm³/mol. The van der Waals surface area contributed by atoms with Crippen LogP contribution in [0.3, 0.4) is 0 Å². The maximum Gasteiger partial charge on any atom is 0.261 e. The number of nitrogens with one attached hydrogen (secondary N) is 2. The molecule has 0 spiro atoms. The van der Waals surface area contributed by atoms with Crippen LogP contribution in [-0.4, -0.2) is 19.3 Å². The number of aromatic nitrogens is 1. The van der Waals surface area contributed by atoms with Gasteiger partial charge in [-0.05, 0) is 54.6 Å². The molecule has 8 heteroatoms. The lowest BCUT2D eigenvalue weighted by Gasteiger charge is -2.09. The fourth-order valence-corrected chi connectivity index (χ4v) is 3.91. The van der Waals surface area contributed by atoms with Gasteiger partial charge < -0.3 is 9.73 Å². The van der Waals surface area contributed by atoms with Crippen molar-refractivity contribution in [2.75, 3.05) is 10.0 Å². The highest BCUT2D eigenvalue weighted by Gasteiger charge is 2.14. The summed E-state index contributed by atoms with van der Waals surface area (Å²) in [5, 5.41) is 2.79. The van der Waals surface area contributed by atoms with Gasteiger partial charge in [-0.25, -0.2) is 13.4 Å². The van der Waals surface area contributed by atoms with E-state index in [1.54, 1.807) is 67.6 Å². The standard InChI is InChI=1S/C21H17N3O4S/c1-14-22-19-13-17(11-12-20(19)28-14)23-21(25)15-7-9-16(10-8-15)24-29(26,27)18-5-3-2-4-6-18/h2-13,24H,1H3,(H,23,25). The van der Waals surface area contributed by atoms with Crippen molar-refractivity contribution in [1.82, 2.24) is 4.98 Å². The summed E-state index contributed by atoms with van der Waals surface area (Å²) >= 11 is 0. The van der Waals surface area contributed by atoms with Gasteiger partial charge in [-0.3, -0.25) is 9.52 Å². The van der Waals surface area contributed by atoms with E-state index in [9.17, 15) is 13.2 Å². The van der Waals surface area contributed by atoms with Gasteiger partial charge in [0.05, 0.1) is 4.90 Å². The van der Waals surface area contributed by atoms with Crippen molar-refractivity contribution < 1.29 is 17.6 Å². The number of oxazole rings is 1. The van der Waals surface area contributed by atoms with Crippen LogP contribution < -0.4 is 10.0 Å². The van der Waals surface area contributed by atoms with Gasteiger partial charge in [-0.1, -0.05) is 18.2 Å². The number of nitrogens with zero attached hydrogens (tertiary/aromatic N) is 1. The zero-order valence-electron chi connectivity index (χ0n) is 15.4. The molecule has 0 aliphatic rings. The topological polar surface area (TPSA) is 101 Å². The summed E-state index contributed by atoms with van der Waals surface area (Å²) in [5.74, 6) is 0.235. The second kappa shape index (κ2) is 7.40. The number of fused-ring (bicyclic) bond motifs is 1. The molecule has 1 heterocycles. The molecular formula is C21H17N3O4S. The summed E-state index contributed by atoms with van der Waals surface area (Å²) in [6, 6.07) is 19.5. The number of hydrogen-bond donors (Lipinski definition) is 2. The Morgan fingerprint density at radius 2 is 1.62 bits per heavy atom. The van der Waals surface area contributed by atoms with Gasteiger partial charge >= 0.3 is 0 Å². The van der Waals surface area contributed by atoms with Crippen molar-refractivity contribution in [3.63, 3.8) is 0 Å². The average molecular weight is 407 g/mol. The molecule has 7 nitrogen and oxygen atoms in total. The largest absolute Gasteiger partial charge is 0.441 e. The lowest BCUT2D eigenvalue weighted by molar-refractivity contribution is 0.102. The molecule has 0 atom stereocenters. The first kappa shape index (κ1) is 18.7. The van der Waals surface area contributed by atoms with E-state index in [0.29, 0.717) is 33.9 Å². The second-order valence-corrected chi connectivity index (χ2v) is 8.05. The summed E-state index contributed by atoms with van der Waals surface area (Å²) in [7, 11) is -3.68. The predicted octanol–water partition coefficient (Wildman–Crippen LogP) is 4.19. The monoisotopic (exact) mass is 407 g/mol. The highest BCUT2D eigenvalue weighted by molar-refractivity contribution is 7.92. The Labute approximate surface area is 167 Å². The van der Waals surface area contributed by atoms with Gasteiger partial charge in [0.1, 0.15) is 5.52 Å². The van der Waals surface area contributed by atoms with Crippen LogP contribution in [0.5, 0.6) is 0 Å². The third kappa shape index (κ3) is 4.12. The van der Waals surface area contributed by atoms with E-state index in [4.69, 9.17) is 4.42 Å². The smallest absolute Gasteiger partial charge is 0.261 e. The van der Waals surface area contributed by atoms with Crippen molar-refractivity contribution in [3.05, 3.63) is 84.3 Å². The molecule has 0 saturated heterocycles. The molecule has 0 unspecified atom stereocenters. The molecule has 2 N–H and O–H groups in total. The quantitative estimate of drug-likeness (QED) is 0.517. The van der Waals surface area contributed by atoms with E-state index in [-0.39, 0.29) is 10.8 Å². The average Bonchev–Trinajstić information content (AvgIpc) is 3.08. The summed E-state index contributed by atoms with van der Waals surface area (Å²) in [5.41, 5.74) is 2.65. The molecule has 146 valence electrons. The van der Waals surface area contributed by atoms with Gasteiger partial charge in [0.25, 0.3) is 15.9 Å². The number of hydrogen-bond acceptors (Lipinski definition) is 5. The fraction of sp³-hybridized carbons (Fsp3) is 0.0476. The van der Waals surface area contributed by atoms with Crippen LogP contribution >= 0.6 is 0 Å². The van der Waals surface area contributed by atoms with Gasteiger partial charge in [-0.2, -0.15) is 0 Å². The van der Waals surface area contributed by atoms with Crippen LogP contribution in [0.25, 0.3) is 11.1 Å². The van der Waals surface area contributed by atoms with Gasteiger partial charge in [0.2, 0.25) is 0 Å². The van der Waals surface area contributed by atoms with E-state index in [1.165, 1.54) is 12.1 Å². The molecule has 0 aliphatic heterocycles. The Hall–Kier alpha value is -3.65. The first-order valence-corrected chi connectivity index (χ1v) is 10.3. The Morgan fingerprint density at radius 1 is 0.931 bits per heavy atom. The summed E-state index contributed by atoms with van der Waals surface area (Å²) in [6.07, 6.45) is 0. The summed E-state index contributed by atoms with van der Waals surface area (Å²) in [6.45, 7) is 1.76. The van der Waals surface area contributed by atoms with Crippen molar-refractivity contribution in [1.29, 1.82) is 0 Å². The van der Waals surface area contributed by atoms with E-state index >= 15 is 0 Å². The summed E-state index contributed by atoms with van der Waals surface area (Å²) in [4.78, 5) is 16.9. The minimum atomic E-state index is -3.68. The third-order valence-electron chi connectivity index (χ3n) is 4.21. The van der Waals surface area contributed by atoms with Crippen LogP contribution in [0.4, 0.5) is 11.4 Å². The van der Waals surface area contributed by atoms with Crippen LogP contribution in [0, 0.1) is 6.92 Å². The Kier molecular flexibility index (Phi) is 4.77. The zero-order chi connectivity index (χ0) is 20.4. The van der Waals surface area contributed by atoms with Crippen LogP contribution in [0.1, 0.15) is 16.2 Å². The number of carbonyl (C=O) groups excluding carboxylic acids is 1. The minimum absolute atomic E-state index is 0.167. The zero-order valence-corrected chi connectivity index (χ0v) is 16.2. The van der Waals surface area contributed by atoms with E-state index in [0.717, 1.165) is 0 Å². The molecular weight excluding hydrogens is 390 g/mol. The minimum Gasteiger partial charge on any atom is -0.441 e. The van der Waals surface area contributed by atoms with Crippen LogP contribution in [0.15, 0.2) is 82.1 Å². The maximum atomic E-state index is 12.5. The lowest BCUT2D eigenvalue weighted by atomic mass is 10.2. The first-order chi connectivity index (χ1) is 13.9. The molecule has 1 aromatic heterocycles. The van der Waals surface area contributed by atoms with E-state index in [1.807, 2.05) is 0 Å². The molecule has 0 fully saturated rings. The van der Waals surface area contributed by atoms with Crippen LogP contribution in [-0.2, 0) is 10.0 Å². The number of amides is 1. The third-order valence-corrected chi connectivity index (χ3v) is 5.60. The number of sulfonamides is 1. The van der Waals surface area contributed by atoms with Crippen LogP contribution in [0.2, 0.25) is 0 Å². The van der Waals surface area contributed by atoms with Gasteiger partial charge in [-0.15, -0.1) is 0 Å². The molecule has 0 bridgehead atoms. The van der Waals surface area contributed by atoms with E-state index < -0.39 is 10.0 Å². The molecule has 0 saturated carbocycles. The Balaban J connectivity index is 1.47. The van der Waals surface area contributed by atoms with Crippen molar-refractivity contribution in [2.24, 2.45) is 0 Å².